The van der Waals surface area contributed by atoms with Crippen molar-refractivity contribution in [1.29, 1.82) is 0 Å². The van der Waals surface area contributed by atoms with Crippen molar-refractivity contribution in [3.05, 3.63) is 12.4 Å². The van der Waals surface area contributed by atoms with Gasteiger partial charge >= 0.3 is 0 Å². The number of rotatable bonds is 15. The summed E-state index contributed by atoms with van der Waals surface area (Å²) in [5.41, 5.74) is 0. The molecule has 6 heteroatoms. The molecule has 0 aromatic carbocycles. The largest absolute Gasteiger partial charge is 0.359 e. The Bertz CT molecular complexity index is 472. The lowest BCUT2D eigenvalue weighted by atomic mass is 10.0. The second kappa shape index (κ2) is 17.1. The molecular weight excluding hydrogens is 372 g/mol. The number of nitrogens with zero attached hydrogens (tertiary/aromatic N) is 2. The van der Waals surface area contributed by atoms with E-state index in [4.69, 9.17) is 4.55 Å². The first-order valence-corrected chi connectivity index (χ1v) is 13.2. The second-order valence-corrected chi connectivity index (χ2v) is 9.63. The van der Waals surface area contributed by atoms with Gasteiger partial charge in [-0.25, -0.2) is 0 Å². The molecule has 0 bridgehead atoms. The highest BCUT2D eigenvalue weighted by Gasteiger charge is 2.17. The number of unbranched alkanes of at least 4 members (excludes halogenated alkanes) is 13. The Hall–Kier alpha value is -0.750. The van der Waals surface area contributed by atoms with E-state index < -0.39 is 10.1 Å². The third-order valence-electron chi connectivity index (χ3n) is 5.33. The lowest BCUT2D eigenvalue weighted by molar-refractivity contribution is 0.192. The average Bonchev–Trinajstić information content (AvgIpc) is 2.92. The zero-order valence-corrected chi connectivity index (χ0v) is 19.7. The van der Waals surface area contributed by atoms with E-state index in [0.717, 1.165) is 0 Å². The van der Waals surface area contributed by atoms with Gasteiger partial charge in [-0.2, -0.15) is 8.42 Å². The lowest BCUT2D eigenvalue weighted by Gasteiger charge is -2.26. The number of hydrogen-bond acceptors (Lipinski definition) is 4. The molecule has 0 aromatic rings. The molecule has 0 fully saturated rings. The predicted molar refractivity (Wildman–Crippen MR) is 121 cm³/mol. The Morgan fingerprint density at radius 1 is 0.786 bits per heavy atom. The van der Waals surface area contributed by atoms with Crippen molar-refractivity contribution in [3.63, 3.8) is 0 Å². The standard InChI is InChI=1S/C21H42N2.CH4O3S/c1-4-5-6-7-8-9-10-11-12-13-14-15-16-17-18-23-20-19-22(3)21(23)2;1-5(2,3)4/h19-21H,4-18H2,1-3H3;1H3,(H,2,3,4). The van der Waals surface area contributed by atoms with Crippen molar-refractivity contribution in [2.75, 3.05) is 19.8 Å². The highest BCUT2D eigenvalue weighted by Crippen LogP contribution is 2.16. The monoisotopic (exact) mass is 418 g/mol. The van der Waals surface area contributed by atoms with E-state index in [1.54, 1.807) is 0 Å². The van der Waals surface area contributed by atoms with Crippen molar-refractivity contribution in [2.45, 2.75) is 110 Å². The van der Waals surface area contributed by atoms with Gasteiger partial charge in [-0.3, -0.25) is 4.55 Å². The number of hydrogen-bond donors (Lipinski definition) is 1. The van der Waals surface area contributed by atoms with Gasteiger partial charge in [-0.1, -0.05) is 90.4 Å². The summed E-state index contributed by atoms with van der Waals surface area (Å²) >= 11 is 0. The summed E-state index contributed by atoms with van der Waals surface area (Å²) < 4.78 is 25.9. The molecule has 1 aliphatic rings. The van der Waals surface area contributed by atoms with Gasteiger partial charge in [0.2, 0.25) is 0 Å². The van der Waals surface area contributed by atoms with Crippen molar-refractivity contribution in [1.82, 2.24) is 9.80 Å². The van der Waals surface area contributed by atoms with Crippen molar-refractivity contribution < 1.29 is 13.0 Å². The van der Waals surface area contributed by atoms with Crippen LogP contribution in [0, 0.1) is 0 Å². The fourth-order valence-electron chi connectivity index (χ4n) is 3.42. The predicted octanol–water partition coefficient (Wildman–Crippen LogP) is 6.04. The van der Waals surface area contributed by atoms with Gasteiger partial charge in [-0.15, -0.1) is 0 Å². The minimum absolute atomic E-state index is 0.553. The lowest BCUT2D eigenvalue weighted by Crippen LogP contribution is -2.34. The van der Waals surface area contributed by atoms with Gasteiger partial charge in [0.15, 0.2) is 0 Å². The van der Waals surface area contributed by atoms with Crippen molar-refractivity contribution in [2.24, 2.45) is 0 Å². The average molecular weight is 419 g/mol. The molecule has 0 amide bonds. The summed E-state index contributed by atoms with van der Waals surface area (Å²) in [6.07, 6.45) is 25.9. The van der Waals surface area contributed by atoms with Crippen molar-refractivity contribution >= 4 is 10.1 Å². The van der Waals surface area contributed by atoms with Crippen LogP contribution in [0.3, 0.4) is 0 Å². The first-order valence-electron chi connectivity index (χ1n) is 11.3. The third-order valence-corrected chi connectivity index (χ3v) is 5.33. The molecule has 168 valence electrons. The van der Waals surface area contributed by atoms with Gasteiger partial charge in [0.25, 0.3) is 10.1 Å². The third kappa shape index (κ3) is 18.6. The van der Waals surface area contributed by atoms with Gasteiger partial charge in [0.1, 0.15) is 0 Å². The van der Waals surface area contributed by atoms with Crippen LogP contribution in [-0.2, 0) is 10.1 Å². The Labute approximate surface area is 175 Å². The quantitative estimate of drug-likeness (QED) is 0.260. The van der Waals surface area contributed by atoms with Gasteiger partial charge < -0.3 is 9.80 Å². The van der Waals surface area contributed by atoms with Crippen LogP contribution in [0.4, 0.5) is 0 Å². The molecular formula is C22H46N2O3S. The second-order valence-electron chi connectivity index (χ2n) is 8.16. The molecule has 28 heavy (non-hydrogen) atoms. The van der Waals surface area contributed by atoms with E-state index in [2.05, 4.69) is 43.1 Å². The molecule has 0 radical (unpaired) electrons. The van der Waals surface area contributed by atoms with Crippen LogP contribution in [0.2, 0.25) is 0 Å². The minimum atomic E-state index is -3.67. The zero-order chi connectivity index (χ0) is 21.3. The van der Waals surface area contributed by atoms with Gasteiger partial charge in [0.05, 0.1) is 12.4 Å². The van der Waals surface area contributed by atoms with Crippen LogP contribution in [0.15, 0.2) is 12.4 Å². The van der Waals surface area contributed by atoms with E-state index in [1.165, 1.54) is 96.4 Å². The van der Waals surface area contributed by atoms with Crippen LogP contribution in [0.25, 0.3) is 0 Å². The molecule has 0 saturated heterocycles. The Kier molecular flexibility index (Phi) is 16.7. The summed E-state index contributed by atoms with van der Waals surface area (Å²) in [6, 6.07) is 0. The maximum absolute atomic E-state index is 9.19. The molecule has 5 nitrogen and oxygen atoms in total. The van der Waals surface area contributed by atoms with Gasteiger partial charge in [0, 0.05) is 26.0 Å². The maximum atomic E-state index is 9.19. The summed E-state index contributed by atoms with van der Waals surface area (Å²) in [6.45, 7) is 5.80. The Morgan fingerprint density at radius 2 is 1.14 bits per heavy atom. The molecule has 1 rings (SSSR count). The van der Waals surface area contributed by atoms with E-state index in [0.29, 0.717) is 12.4 Å². The summed E-state index contributed by atoms with van der Waals surface area (Å²) in [7, 11) is -1.51. The normalized spacial score (nSPS) is 16.4. The van der Waals surface area contributed by atoms with E-state index in [1.807, 2.05) is 0 Å². The molecule has 0 saturated carbocycles. The highest BCUT2D eigenvalue weighted by atomic mass is 32.2. The molecule has 0 aliphatic carbocycles. The molecule has 0 spiro atoms. The van der Waals surface area contributed by atoms with Crippen LogP contribution < -0.4 is 0 Å². The van der Waals surface area contributed by atoms with E-state index in [-0.39, 0.29) is 0 Å². The van der Waals surface area contributed by atoms with E-state index in [9.17, 15) is 8.42 Å². The highest BCUT2D eigenvalue weighted by molar-refractivity contribution is 7.85. The molecule has 1 N–H and O–H groups in total. The van der Waals surface area contributed by atoms with Crippen molar-refractivity contribution in [3.8, 4) is 0 Å². The van der Waals surface area contributed by atoms with Gasteiger partial charge in [-0.05, 0) is 13.3 Å². The zero-order valence-electron chi connectivity index (χ0n) is 18.9. The minimum Gasteiger partial charge on any atom is -0.359 e. The topological polar surface area (TPSA) is 60.9 Å². The summed E-state index contributed by atoms with van der Waals surface area (Å²) in [5, 5.41) is 0. The molecule has 1 atom stereocenters. The Balaban J connectivity index is 0.00000129. The summed E-state index contributed by atoms with van der Waals surface area (Å²) in [5.74, 6) is 0. The summed E-state index contributed by atoms with van der Waals surface area (Å²) in [4.78, 5) is 4.74. The fraction of sp³-hybridized carbons (Fsp3) is 0.909. The molecule has 0 aromatic heterocycles. The molecule has 1 heterocycles. The van der Waals surface area contributed by atoms with Crippen LogP contribution in [-0.4, -0.2) is 48.8 Å². The van der Waals surface area contributed by atoms with Crippen LogP contribution in [0.1, 0.15) is 104 Å². The van der Waals surface area contributed by atoms with Crippen LogP contribution in [0.5, 0.6) is 0 Å². The Morgan fingerprint density at radius 3 is 1.46 bits per heavy atom. The first-order chi connectivity index (χ1) is 13.3. The first kappa shape index (κ1) is 27.2. The van der Waals surface area contributed by atoms with Crippen LogP contribution >= 0.6 is 0 Å². The SMILES string of the molecule is CCCCCCCCCCCCCCCCN1C=CN(C)C1C.CS(=O)(=O)O. The smallest absolute Gasteiger partial charge is 0.261 e. The maximum Gasteiger partial charge on any atom is 0.261 e. The fourth-order valence-corrected chi connectivity index (χ4v) is 3.42. The van der Waals surface area contributed by atoms with E-state index >= 15 is 0 Å². The molecule has 1 aliphatic heterocycles. The molecule has 1 unspecified atom stereocenters.